The topological polar surface area (TPSA) is 58.2 Å². The highest BCUT2D eigenvalue weighted by molar-refractivity contribution is 6.09. The second kappa shape index (κ2) is 8.27. The molecule has 0 radical (unpaired) electrons. The lowest BCUT2D eigenvalue weighted by atomic mass is 9.87. The van der Waals surface area contributed by atoms with E-state index in [0.29, 0.717) is 16.9 Å². The summed E-state index contributed by atoms with van der Waals surface area (Å²) in [6, 6.07) is 19.7. The molecule has 0 saturated carbocycles. The molecule has 0 heterocycles. The molecular formula is C24H23FN2O2. The van der Waals surface area contributed by atoms with Crippen LogP contribution < -0.4 is 10.6 Å². The van der Waals surface area contributed by atoms with E-state index in [4.69, 9.17) is 0 Å². The van der Waals surface area contributed by atoms with Crippen molar-refractivity contribution in [2.45, 2.75) is 26.2 Å². The fourth-order valence-electron chi connectivity index (χ4n) is 2.84. The van der Waals surface area contributed by atoms with Crippen LogP contribution in [0.25, 0.3) is 0 Å². The minimum atomic E-state index is -0.488. The van der Waals surface area contributed by atoms with E-state index in [2.05, 4.69) is 31.4 Å². The lowest BCUT2D eigenvalue weighted by molar-refractivity contribution is 0.101. The van der Waals surface area contributed by atoms with Gasteiger partial charge in [0.1, 0.15) is 5.82 Å². The Labute approximate surface area is 169 Å². The first kappa shape index (κ1) is 20.3. The molecule has 0 aliphatic heterocycles. The van der Waals surface area contributed by atoms with Gasteiger partial charge >= 0.3 is 0 Å². The summed E-state index contributed by atoms with van der Waals surface area (Å²) in [4.78, 5) is 25.1. The Morgan fingerprint density at radius 2 is 1.28 bits per heavy atom. The second-order valence-corrected chi connectivity index (χ2v) is 7.79. The number of halogens is 1. The van der Waals surface area contributed by atoms with Gasteiger partial charge < -0.3 is 10.6 Å². The van der Waals surface area contributed by atoms with Gasteiger partial charge in [0.15, 0.2) is 0 Å². The van der Waals surface area contributed by atoms with Gasteiger partial charge in [0.05, 0.1) is 11.4 Å². The lowest BCUT2D eigenvalue weighted by Crippen LogP contribution is -2.17. The number of amides is 2. The molecule has 148 valence electrons. The molecule has 3 rings (SSSR count). The molecule has 0 aliphatic carbocycles. The van der Waals surface area contributed by atoms with E-state index in [1.807, 2.05) is 12.1 Å². The standard InChI is InChI=1S/C24H23FN2O2/c1-24(2,3)18-13-11-16(12-14-18)22(28)26-20-9-4-5-10-21(20)27-23(29)17-7-6-8-19(25)15-17/h4-15H,1-3H3,(H,26,28)(H,27,29). The maximum Gasteiger partial charge on any atom is 0.255 e. The van der Waals surface area contributed by atoms with Crippen LogP contribution in [-0.2, 0) is 5.41 Å². The molecule has 2 amide bonds. The van der Waals surface area contributed by atoms with Crippen molar-refractivity contribution in [2.75, 3.05) is 10.6 Å². The molecule has 0 bridgehead atoms. The van der Waals surface area contributed by atoms with Crippen LogP contribution in [0.4, 0.5) is 15.8 Å². The molecule has 5 heteroatoms. The van der Waals surface area contributed by atoms with Crippen LogP contribution in [0, 0.1) is 5.82 Å². The van der Waals surface area contributed by atoms with E-state index in [1.165, 1.54) is 18.2 Å². The maximum atomic E-state index is 13.4. The summed E-state index contributed by atoms with van der Waals surface area (Å²) >= 11 is 0. The Hall–Kier alpha value is -3.47. The van der Waals surface area contributed by atoms with Crippen LogP contribution in [0.2, 0.25) is 0 Å². The zero-order valence-corrected chi connectivity index (χ0v) is 16.6. The van der Waals surface area contributed by atoms with Crippen molar-refractivity contribution in [3.63, 3.8) is 0 Å². The monoisotopic (exact) mass is 390 g/mol. The van der Waals surface area contributed by atoms with Crippen molar-refractivity contribution in [3.05, 3.63) is 95.3 Å². The van der Waals surface area contributed by atoms with E-state index in [9.17, 15) is 14.0 Å². The van der Waals surface area contributed by atoms with Crippen molar-refractivity contribution >= 4 is 23.2 Å². The second-order valence-electron chi connectivity index (χ2n) is 7.79. The van der Waals surface area contributed by atoms with Gasteiger partial charge in [-0.15, -0.1) is 0 Å². The van der Waals surface area contributed by atoms with Gasteiger partial charge in [-0.05, 0) is 53.4 Å². The fourth-order valence-corrected chi connectivity index (χ4v) is 2.84. The average molecular weight is 390 g/mol. The molecule has 3 aromatic carbocycles. The summed E-state index contributed by atoms with van der Waals surface area (Å²) in [5.41, 5.74) is 2.75. The van der Waals surface area contributed by atoms with Gasteiger partial charge in [0.2, 0.25) is 0 Å². The third-order valence-electron chi connectivity index (χ3n) is 4.52. The molecule has 0 atom stereocenters. The molecular weight excluding hydrogens is 367 g/mol. The number of nitrogens with one attached hydrogen (secondary N) is 2. The third-order valence-corrected chi connectivity index (χ3v) is 4.52. The minimum Gasteiger partial charge on any atom is -0.320 e. The van der Waals surface area contributed by atoms with Crippen LogP contribution in [-0.4, -0.2) is 11.8 Å². The Morgan fingerprint density at radius 1 is 0.724 bits per heavy atom. The Morgan fingerprint density at radius 3 is 1.79 bits per heavy atom. The highest BCUT2D eigenvalue weighted by atomic mass is 19.1. The highest BCUT2D eigenvalue weighted by Crippen LogP contribution is 2.25. The van der Waals surface area contributed by atoms with Gasteiger partial charge in [0.25, 0.3) is 11.8 Å². The van der Waals surface area contributed by atoms with E-state index in [1.54, 1.807) is 36.4 Å². The van der Waals surface area contributed by atoms with Gasteiger partial charge in [-0.1, -0.05) is 51.1 Å². The number of hydrogen-bond acceptors (Lipinski definition) is 2. The van der Waals surface area contributed by atoms with Crippen molar-refractivity contribution in [1.82, 2.24) is 0 Å². The van der Waals surface area contributed by atoms with E-state index in [-0.39, 0.29) is 16.9 Å². The first-order chi connectivity index (χ1) is 13.7. The highest BCUT2D eigenvalue weighted by Gasteiger charge is 2.15. The molecule has 29 heavy (non-hydrogen) atoms. The number of carbonyl (C=O) groups excluding carboxylic acids is 2. The fraction of sp³-hybridized carbons (Fsp3) is 0.167. The van der Waals surface area contributed by atoms with Crippen LogP contribution in [0.3, 0.4) is 0 Å². The van der Waals surface area contributed by atoms with Gasteiger partial charge in [-0.2, -0.15) is 0 Å². The van der Waals surface area contributed by atoms with Gasteiger partial charge in [-0.3, -0.25) is 9.59 Å². The number of carbonyl (C=O) groups is 2. The van der Waals surface area contributed by atoms with Crippen LogP contribution >= 0.6 is 0 Å². The molecule has 2 N–H and O–H groups in total. The molecule has 0 aromatic heterocycles. The first-order valence-corrected chi connectivity index (χ1v) is 9.32. The zero-order chi connectivity index (χ0) is 21.0. The largest absolute Gasteiger partial charge is 0.320 e. The predicted octanol–water partition coefficient (Wildman–Crippen LogP) is 5.63. The molecule has 0 fully saturated rings. The predicted molar refractivity (Wildman–Crippen MR) is 114 cm³/mol. The number of anilines is 2. The summed E-state index contributed by atoms with van der Waals surface area (Å²) in [6.45, 7) is 6.33. The van der Waals surface area contributed by atoms with Gasteiger partial charge in [0, 0.05) is 11.1 Å². The lowest BCUT2D eigenvalue weighted by Gasteiger charge is -2.19. The molecule has 3 aromatic rings. The minimum absolute atomic E-state index is 0.00278. The zero-order valence-electron chi connectivity index (χ0n) is 16.6. The summed E-state index contributed by atoms with van der Waals surface area (Å²) < 4.78 is 13.4. The number of rotatable bonds is 4. The summed E-state index contributed by atoms with van der Waals surface area (Å²) in [5, 5.41) is 5.55. The summed E-state index contributed by atoms with van der Waals surface area (Å²) in [6.07, 6.45) is 0. The number of benzene rings is 3. The van der Waals surface area contributed by atoms with Crippen molar-refractivity contribution in [2.24, 2.45) is 0 Å². The van der Waals surface area contributed by atoms with E-state index >= 15 is 0 Å². The summed E-state index contributed by atoms with van der Waals surface area (Å²) in [5.74, 6) is -1.23. The molecule has 0 aliphatic rings. The Bertz CT molecular complexity index is 1040. The van der Waals surface area contributed by atoms with Gasteiger partial charge in [-0.25, -0.2) is 4.39 Å². The third kappa shape index (κ3) is 5.08. The molecule has 4 nitrogen and oxygen atoms in total. The Kier molecular flexibility index (Phi) is 5.78. The number of hydrogen-bond donors (Lipinski definition) is 2. The smallest absolute Gasteiger partial charge is 0.255 e. The molecule has 0 unspecified atom stereocenters. The van der Waals surface area contributed by atoms with Crippen molar-refractivity contribution in [1.29, 1.82) is 0 Å². The Balaban J connectivity index is 1.76. The average Bonchev–Trinajstić information content (AvgIpc) is 2.69. The van der Waals surface area contributed by atoms with Crippen LogP contribution in [0.5, 0.6) is 0 Å². The SMILES string of the molecule is CC(C)(C)c1ccc(C(=O)Nc2ccccc2NC(=O)c2cccc(F)c2)cc1. The van der Waals surface area contributed by atoms with E-state index in [0.717, 1.165) is 11.6 Å². The maximum absolute atomic E-state index is 13.4. The molecule has 0 saturated heterocycles. The number of para-hydroxylation sites is 2. The van der Waals surface area contributed by atoms with Crippen LogP contribution in [0.15, 0.2) is 72.8 Å². The first-order valence-electron chi connectivity index (χ1n) is 9.32. The van der Waals surface area contributed by atoms with Crippen molar-refractivity contribution < 1.29 is 14.0 Å². The molecule has 0 spiro atoms. The quantitative estimate of drug-likeness (QED) is 0.607. The van der Waals surface area contributed by atoms with E-state index < -0.39 is 11.7 Å². The van der Waals surface area contributed by atoms with Crippen LogP contribution in [0.1, 0.15) is 47.1 Å². The summed E-state index contributed by atoms with van der Waals surface area (Å²) in [7, 11) is 0. The normalized spacial score (nSPS) is 11.0. The van der Waals surface area contributed by atoms with Crippen molar-refractivity contribution in [3.8, 4) is 0 Å².